The van der Waals surface area contributed by atoms with E-state index >= 15 is 0 Å². The van der Waals surface area contributed by atoms with E-state index < -0.39 is 59.8 Å². The first-order valence-electron chi connectivity index (χ1n) is 8.46. The molecule has 2 unspecified atom stereocenters. The van der Waals surface area contributed by atoms with Crippen LogP contribution in [0.15, 0.2) is 21.9 Å². The quantitative estimate of drug-likeness (QED) is 0.159. The van der Waals surface area contributed by atoms with Crippen molar-refractivity contribution in [2.45, 2.75) is 24.9 Å². The van der Waals surface area contributed by atoms with Gasteiger partial charge in [0, 0.05) is 19.2 Å². The van der Waals surface area contributed by atoms with E-state index in [-0.39, 0.29) is 24.7 Å². The van der Waals surface area contributed by atoms with Crippen LogP contribution in [0.3, 0.4) is 0 Å². The van der Waals surface area contributed by atoms with Gasteiger partial charge in [-0.2, -0.15) is 8.62 Å². The highest BCUT2D eigenvalue weighted by molar-refractivity contribution is 7.66. The molecule has 1 aromatic rings. The highest BCUT2D eigenvalue weighted by atomic mass is 31.3. The summed E-state index contributed by atoms with van der Waals surface area (Å²) in [6.07, 6.45) is -0.0802. The second kappa shape index (κ2) is 11.4. The lowest BCUT2D eigenvalue weighted by Crippen LogP contribution is -2.33. The maximum Gasteiger partial charge on any atom is 0.490 e. The molecule has 18 nitrogen and oxygen atoms in total. The number of phosphoric ester groups is 1. The third-order valence-electron chi connectivity index (χ3n) is 3.76. The Balaban J connectivity index is 0.00000544. The molecule has 1 aliphatic rings. The molecule has 0 spiro atoms. The van der Waals surface area contributed by atoms with Gasteiger partial charge in [-0.05, 0) is 0 Å². The first-order chi connectivity index (χ1) is 14.6. The van der Waals surface area contributed by atoms with Gasteiger partial charge >= 0.3 is 29.2 Å². The number of phosphoric acid groups is 3. The highest BCUT2D eigenvalue weighted by Crippen LogP contribution is 2.66. The van der Waals surface area contributed by atoms with Crippen molar-refractivity contribution in [2.75, 3.05) is 13.2 Å². The van der Waals surface area contributed by atoms with E-state index in [1.807, 2.05) is 4.98 Å². The molecule has 1 aromatic heterocycles. The summed E-state index contributed by atoms with van der Waals surface area (Å²) >= 11 is 0. The summed E-state index contributed by atoms with van der Waals surface area (Å²) in [5, 5.41) is 10.1. The van der Waals surface area contributed by atoms with E-state index in [2.05, 4.69) is 13.1 Å². The second-order valence-electron chi connectivity index (χ2n) is 6.21. The second-order valence-corrected chi connectivity index (χ2v) is 10.6. The first-order valence-corrected chi connectivity index (χ1v) is 13.0. The highest BCUT2D eigenvalue weighted by Gasteiger charge is 2.43. The molecule has 1 aliphatic heterocycles. The smallest absolute Gasteiger partial charge is 0.390 e. The van der Waals surface area contributed by atoms with Gasteiger partial charge in [0.05, 0.1) is 18.3 Å². The molecule has 0 radical (unpaired) electrons. The Morgan fingerprint density at radius 3 is 2.39 bits per heavy atom. The molecule has 1 saturated heterocycles. The molecule has 2 heterocycles. The number of aromatic nitrogens is 2. The van der Waals surface area contributed by atoms with Crippen LogP contribution in [-0.2, 0) is 31.6 Å². The zero-order chi connectivity index (χ0) is 24.3. The molecule has 21 heteroatoms. The lowest BCUT2D eigenvalue weighted by molar-refractivity contribution is -0.0450. The molecule has 11 N–H and O–H groups in total. The van der Waals surface area contributed by atoms with Crippen molar-refractivity contribution in [1.82, 2.24) is 15.7 Å². The van der Waals surface area contributed by atoms with Crippen LogP contribution in [-0.4, -0.2) is 59.6 Å². The molecule has 0 aromatic carbocycles. The Morgan fingerprint density at radius 2 is 1.82 bits per heavy atom. The normalized spacial score (nSPS) is 24.8. The van der Waals surface area contributed by atoms with Crippen LogP contribution in [0.25, 0.3) is 6.08 Å². The number of nitrogens with two attached hydrogens (primary N) is 1. The minimum Gasteiger partial charge on any atom is -0.390 e. The van der Waals surface area contributed by atoms with Gasteiger partial charge in [0.2, 0.25) is 0 Å². The number of H-pyrrole nitrogens is 1. The van der Waals surface area contributed by atoms with Crippen LogP contribution >= 0.6 is 23.5 Å². The van der Waals surface area contributed by atoms with Crippen molar-refractivity contribution in [1.29, 1.82) is 0 Å². The van der Waals surface area contributed by atoms with Crippen molar-refractivity contribution >= 4 is 29.5 Å². The van der Waals surface area contributed by atoms with Gasteiger partial charge in [0.25, 0.3) is 5.56 Å². The van der Waals surface area contributed by atoms with Gasteiger partial charge in [-0.15, -0.1) is 0 Å². The van der Waals surface area contributed by atoms with E-state index in [0.717, 1.165) is 10.8 Å². The number of nitrogens with zero attached hydrogens (tertiary/aromatic N) is 1. The minimum atomic E-state index is -5.70. The maximum absolute atomic E-state index is 12.1. The predicted molar refractivity (Wildman–Crippen MR) is 109 cm³/mol. The predicted octanol–water partition coefficient (Wildman–Crippen LogP) is -1.34. The molecule has 33 heavy (non-hydrogen) atoms. The topological polar surface area (TPSA) is 305 Å². The number of rotatable bonds is 10. The summed E-state index contributed by atoms with van der Waals surface area (Å²) in [6, 6.07) is 0. The van der Waals surface area contributed by atoms with Gasteiger partial charge in [-0.1, -0.05) is 12.2 Å². The summed E-state index contributed by atoms with van der Waals surface area (Å²) in [7, 11) is -16.7. The van der Waals surface area contributed by atoms with Crippen molar-refractivity contribution in [3.8, 4) is 0 Å². The fraction of sp³-hybridized carbons (Fsp3) is 0.500. The van der Waals surface area contributed by atoms with Crippen molar-refractivity contribution in [3.05, 3.63) is 38.7 Å². The molecular formula is C12H23N4O14P3. The summed E-state index contributed by atoms with van der Waals surface area (Å²) < 4.78 is 51.6. The van der Waals surface area contributed by atoms with Crippen LogP contribution in [0.2, 0.25) is 0 Å². The largest absolute Gasteiger partial charge is 0.490 e. The minimum absolute atomic E-state index is 0. The summed E-state index contributed by atoms with van der Waals surface area (Å²) in [6.45, 7) is -0.778. The number of nitrogens with one attached hydrogen (secondary N) is 1. The molecule has 2 rings (SSSR count). The lowest BCUT2D eigenvalue weighted by atomic mass is 10.2. The van der Waals surface area contributed by atoms with Gasteiger partial charge in [0.15, 0.2) is 0 Å². The molecule has 5 atom stereocenters. The van der Waals surface area contributed by atoms with Crippen molar-refractivity contribution in [2.24, 2.45) is 5.73 Å². The maximum atomic E-state index is 12.1. The average Bonchev–Trinajstić information content (AvgIpc) is 2.97. The van der Waals surface area contributed by atoms with Crippen LogP contribution in [0.5, 0.6) is 0 Å². The summed E-state index contributed by atoms with van der Waals surface area (Å²) in [4.78, 5) is 61.5. The third kappa shape index (κ3) is 9.09. The Labute approximate surface area is 184 Å². The van der Waals surface area contributed by atoms with E-state index in [1.54, 1.807) is 0 Å². The molecule has 0 saturated carbocycles. The zero-order valence-corrected chi connectivity index (χ0v) is 19.3. The summed E-state index contributed by atoms with van der Waals surface area (Å²) in [5.41, 5.74) is 3.81. The van der Waals surface area contributed by atoms with Crippen LogP contribution in [0.4, 0.5) is 0 Å². The molecule has 1 fully saturated rings. The molecule has 0 bridgehead atoms. The Morgan fingerprint density at radius 1 is 1.18 bits per heavy atom. The fourth-order valence-corrected chi connectivity index (χ4v) is 5.57. The van der Waals surface area contributed by atoms with E-state index in [0.29, 0.717) is 0 Å². The monoisotopic (exact) mass is 540 g/mol. The Hall–Kier alpha value is -1.33. The summed E-state index contributed by atoms with van der Waals surface area (Å²) in [5.74, 6) is 0. The number of hydrogen-bond acceptors (Lipinski definition) is 12. The van der Waals surface area contributed by atoms with Crippen LogP contribution < -0.4 is 23.1 Å². The first kappa shape index (κ1) is 29.7. The van der Waals surface area contributed by atoms with Crippen LogP contribution in [0, 0.1) is 0 Å². The van der Waals surface area contributed by atoms with Crippen molar-refractivity contribution in [3.63, 3.8) is 0 Å². The average molecular weight is 540 g/mol. The third-order valence-corrected chi connectivity index (χ3v) is 7.56. The van der Waals surface area contributed by atoms with Crippen LogP contribution in [0.1, 0.15) is 18.2 Å². The number of ether oxygens (including phenoxy) is 1. The van der Waals surface area contributed by atoms with Gasteiger partial charge in [0.1, 0.15) is 12.3 Å². The van der Waals surface area contributed by atoms with Crippen molar-refractivity contribution < 1.29 is 56.3 Å². The standard InChI is InChI=1S/C12H20N3O14P3.H3N/c13-3-1-2-7-5-15(12(18)14-11(7)17)10-4-8(16)9(27-10)6-26-31(22,23)29-32(24,25)28-30(19,20)21;/h1-2,5,8-10,16H,3-4,6,13H2,(H,22,23)(H,24,25)(H,14,17,18)(H2,19,20,21);1H3/t8-,9+,10+;/m0./s1. The SMILES string of the molecule is N.NCC=Cc1cn([C@H]2C[C@H](O)[C@@H](COP(=O)(O)OP(=O)(O)OP(=O)(O)O)O2)c(=O)[nH]c1=O. The molecule has 0 aliphatic carbocycles. The number of aliphatic hydroxyl groups excluding tert-OH is 1. The Kier molecular flexibility index (Phi) is 10.3. The van der Waals surface area contributed by atoms with E-state index in [4.69, 9.17) is 25.2 Å². The van der Waals surface area contributed by atoms with E-state index in [9.17, 15) is 33.3 Å². The van der Waals surface area contributed by atoms with Gasteiger partial charge < -0.3 is 41.3 Å². The molecule has 190 valence electrons. The Bertz CT molecular complexity index is 1110. The van der Waals surface area contributed by atoms with Gasteiger partial charge in [-0.3, -0.25) is 18.9 Å². The fourth-order valence-electron chi connectivity index (χ4n) is 2.54. The molecule has 0 amide bonds. The van der Waals surface area contributed by atoms with Gasteiger partial charge in [-0.25, -0.2) is 18.5 Å². The zero-order valence-electron chi connectivity index (χ0n) is 16.6. The molecular weight excluding hydrogens is 517 g/mol. The lowest BCUT2D eigenvalue weighted by Gasteiger charge is -2.19. The van der Waals surface area contributed by atoms with E-state index in [1.165, 1.54) is 12.2 Å². The number of hydrogen-bond donors (Lipinski definition) is 8. The number of aromatic amines is 1. The number of aliphatic hydroxyl groups is 1.